The average Bonchev–Trinajstić information content (AvgIpc) is 2.38. The number of anilines is 1. The first-order valence-electron chi connectivity index (χ1n) is 6.44. The number of para-hydroxylation sites is 1. The summed E-state index contributed by atoms with van der Waals surface area (Å²) in [6, 6.07) is 15.0. The van der Waals surface area contributed by atoms with Gasteiger partial charge in [-0.25, -0.2) is 4.79 Å². The van der Waals surface area contributed by atoms with Crippen LogP contribution in [0.5, 0.6) is 5.75 Å². The molecule has 0 bridgehead atoms. The number of amides is 2. The third kappa shape index (κ3) is 4.31. The van der Waals surface area contributed by atoms with Crippen molar-refractivity contribution in [1.29, 1.82) is 0 Å². The molecular weight excluding hydrogens is 252 g/mol. The number of rotatable bonds is 4. The minimum Gasteiger partial charge on any atom is -0.473 e. The number of aryl methyl sites for hydroxylation is 2. The Bertz CT molecular complexity index is 562. The molecule has 0 fully saturated rings. The summed E-state index contributed by atoms with van der Waals surface area (Å²) in [5.41, 5.74) is 3.00. The Hall–Kier alpha value is -2.49. The highest BCUT2D eigenvalue weighted by atomic mass is 16.5. The normalized spacial score (nSPS) is 9.90. The van der Waals surface area contributed by atoms with Crippen LogP contribution in [0.25, 0.3) is 0 Å². The van der Waals surface area contributed by atoms with Gasteiger partial charge in [-0.2, -0.15) is 0 Å². The van der Waals surface area contributed by atoms with Gasteiger partial charge in [0.25, 0.3) is 0 Å². The van der Waals surface area contributed by atoms with Crippen LogP contribution in [0.15, 0.2) is 48.5 Å². The van der Waals surface area contributed by atoms with Crippen LogP contribution in [0.3, 0.4) is 0 Å². The number of hydrogen-bond donors (Lipinski definition) is 2. The molecule has 0 aromatic heterocycles. The van der Waals surface area contributed by atoms with E-state index in [0.717, 1.165) is 22.6 Å². The number of carbonyl (C=O) groups excluding carboxylic acids is 1. The van der Waals surface area contributed by atoms with Crippen LogP contribution in [0.1, 0.15) is 11.1 Å². The van der Waals surface area contributed by atoms with Crippen LogP contribution in [0.2, 0.25) is 0 Å². The minimum atomic E-state index is -0.286. The fraction of sp³-hybridized carbons (Fsp3) is 0.188. The van der Waals surface area contributed by atoms with Crippen molar-refractivity contribution >= 4 is 11.7 Å². The average molecular weight is 270 g/mol. The van der Waals surface area contributed by atoms with E-state index in [2.05, 4.69) is 16.7 Å². The van der Waals surface area contributed by atoms with Gasteiger partial charge in [0, 0.05) is 5.69 Å². The fourth-order valence-electron chi connectivity index (χ4n) is 1.92. The van der Waals surface area contributed by atoms with Crippen LogP contribution in [0.4, 0.5) is 10.5 Å². The molecule has 0 radical (unpaired) electrons. The molecule has 2 aromatic carbocycles. The second kappa shape index (κ2) is 6.61. The molecule has 0 heterocycles. The topological polar surface area (TPSA) is 50.4 Å². The van der Waals surface area contributed by atoms with Crippen LogP contribution < -0.4 is 15.4 Å². The molecular formula is C16H18N2O2. The molecule has 2 amide bonds. The molecule has 4 heteroatoms. The number of nitrogens with one attached hydrogen (secondary N) is 2. The van der Waals surface area contributed by atoms with Gasteiger partial charge in [0.15, 0.2) is 6.73 Å². The van der Waals surface area contributed by atoms with Crippen LogP contribution in [-0.2, 0) is 0 Å². The van der Waals surface area contributed by atoms with E-state index in [4.69, 9.17) is 4.74 Å². The predicted octanol–water partition coefficient (Wildman–Crippen LogP) is 3.46. The van der Waals surface area contributed by atoms with E-state index in [1.165, 1.54) is 0 Å². The van der Waals surface area contributed by atoms with Crippen molar-refractivity contribution in [2.24, 2.45) is 0 Å². The molecule has 0 aliphatic carbocycles. The molecule has 104 valence electrons. The van der Waals surface area contributed by atoms with Gasteiger partial charge in [0.2, 0.25) is 0 Å². The lowest BCUT2D eigenvalue weighted by molar-refractivity contribution is 0.234. The Morgan fingerprint density at radius 1 is 1.05 bits per heavy atom. The Morgan fingerprint density at radius 3 is 2.35 bits per heavy atom. The van der Waals surface area contributed by atoms with Crippen LogP contribution in [0, 0.1) is 13.8 Å². The van der Waals surface area contributed by atoms with Crippen molar-refractivity contribution in [1.82, 2.24) is 5.32 Å². The molecule has 0 aliphatic rings. The Labute approximate surface area is 118 Å². The quantitative estimate of drug-likeness (QED) is 0.836. The zero-order chi connectivity index (χ0) is 14.4. The van der Waals surface area contributed by atoms with Crippen molar-refractivity contribution in [2.45, 2.75) is 13.8 Å². The molecule has 2 rings (SSSR count). The monoisotopic (exact) mass is 270 g/mol. The van der Waals surface area contributed by atoms with E-state index in [0.29, 0.717) is 0 Å². The third-order valence-electron chi connectivity index (χ3n) is 2.69. The van der Waals surface area contributed by atoms with E-state index in [1.54, 1.807) is 0 Å². The third-order valence-corrected chi connectivity index (χ3v) is 2.69. The standard InChI is InChI=1S/C16H18N2O2/c1-12-8-13(2)10-14(9-12)18-16(19)17-11-20-15-6-4-3-5-7-15/h3-10H,11H2,1-2H3,(H2,17,18,19). The first-order chi connectivity index (χ1) is 9.63. The molecule has 20 heavy (non-hydrogen) atoms. The summed E-state index contributed by atoms with van der Waals surface area (Å²) < 4.78 is 5.39. The van der Waals surface area contributed by atoms with Gasteiger partial charge in [-0.15, -0.1) is 0 Å². The van der Waals surface area contributed by atoms with Crippen LogP contribution >= 0.6 is 0 Å². The van der Waals surface area contributed by atoms with Gasteiger partial charge < -0.3 is 15.4 Å². The summed E-state index contributed by atoms with van der Waals surface area (Å²) in [5.74, 6) is 0.721. The van der Waals surface area contributed by atoms with Crippen molar-refractivity contribution < 1.29 is 9.53 Å². The summed E-state index contributed by atoms with van der Waals surface area (Å²) in [5, 5.41) is 5.43. The molecule has 0 saturated heterocycles. The van der Waals surface area contributed by atoms with Gasteiger partial charge in [-0.1, -0.05) is 24.3 Å². The van der Waals surface area contributed by atoms with Gasteiger partial charge in [-0.3, -0.25) is 0 Å². The number of benzene rings is 2. The lowest BCUT2D eigenvalue weighted by Gasteiger charge is -2.10. The highest BCUT2D eigenvalue weighted by Crippen LogP contribution is 2.13. The van der Waals surface area contributed by atoms with Crippen LogP contribution in [-0.4, -0.2) is 12.8 Å². The maximum Gasteiger partial charge on any atom is 0.321 e. The molecule has 0 spiro atoms. The van der Waals surface area contributed by atoms with E-state index < -0.39 is 0 Å². The van der Waals surface area contributed by atoms with Gasteiger partial charge in [0.1, 0.15) is 5.75 Å². The highest BCUT2D eigenvalue weighted by Gasteiger charge is 2.02. The molecule has 0 unspecified atom stereocenters. The number of ether oxygens (including phenoxy) is 1. The maximum atomic E-state index is 11.7. The Kier molecular flexibility index (Phi) is 4.60. The molecule has 4 nitrogen and oxygen atoms in total. The highest BCUT2D eigenvalue weighted by molar-refractivity contribution is 5.89. The first kappa shape index (κ1) is 13.9. The molecule has 2 N–H and O–H groups in total. The number of hydrogen-bond acceptors (Lipinski definition) is 2. The summed E-state index contributed by atoms with van der Waals surface area (Å²) in [4.78, 5) is 11.7. The molecule has 0 aliphatic heterocycles. The van der Waals surface area contributed by atoms with E-state index >= 15 is 0 Å². The first-order valence-corrected chi connectivity index (χ1v) is 6.44. The minimum absolute atomic E-state index is 0.126. The molecule has 0 saturated carbocycles. The van der Waals surface area contributed by atoms with Gasteiger partial charge in [-0.05, 0) is 49.2 Å². The van der Waals surface area contributed by atoms with Gasteiger partial charge in [0.05, 0.1) is 0 Å². The zero-order valence-electron chi connectivity index (χ0n) is 11.6. The Morgan fingerprint density at radius 2 is 1.70 bits per heavy atom. The molecule has 0 atom stereocenters. The summed E-state index contributed by atoms with van der Waals surface area (Å²) in [6.45, 7) is 4.11. The SMILES string of the molecule is Cc1cc(C)cc(NC(=O)NCOc2ccccc2)c1. The summed E-state index contributed by atoms with van der Waals surface area (Å²) >= 11 is 0. The van der Waals surface area contributed by atoms with Gasteiger partial charge >= 0.3 is 6.03 Å². The lowest BCUT2D eigenvalue weighted by Crippen LogP contribution is -2.32. The van der Waals surface area contributed by atoms with E-state index in [9.17, 15) is 4.79 Å². The number of urea groups is 1. The largest absolute Gasteiger partial charge is 0.473 e. The Balaban J connectivity index is 1.81. The number of carbonyl (C=O) groups is 1. The smallest absolute Gasteiger partial charge is 0.321 e. The molecule has 2 aromatic rings. The fourth-order valence-corrected chi connectivity index (χ4v) is 1.92. The van der Waals surface area contributed by atoms with E-state index in [1.807, 2.05) is 56.3 Å². The van der Waals surface area contributed by atoms with Crippen molar-refractivity contribution in [3.8, 4) is 5.75 Å². The summed E-state index contributed by atoms with van der Waals surface area (Å²) in [7, 11) is 0. The summed E-state index contributed by atoms with van der Waals surface area (Å²) in [6.07, 6.45) is 0. The van der Waals surface area contributed by atoms with Crippen molar-refractivity contribution in [3.63, 3.8) is 0 Å². The predicted molar refractivity (Wildman–Crippen MR) is 80.0 cm³/mol. The second-order valence-corrected chi connectivity index (χ2v) is 4.61. The van der Waals surface area contributed by atoms with Crippen molar-refractivity contribution in [3.05, 3.63) is 59.7 Å². The lowest BCUT2D eigenvalue weighted by atomic mass is 10.1. The van der Waals surface area contributed by atoms with E-state index in [-0.39, 0.29) is 12.8 Å². The van der Waals surface area contributed by atoms with Crippen molar-refractivity contribution in [2.75, 3.05) is 12.0 Å². The second-order valence-electron chi connectivity index (χ2n) is 4.61. The maximum absolute atomic E-state index is 11.7. The zero-order valence-corrected chi connectivity index (χ0v) is 11.6.